The Morgan fingerprint density at radius 3 is 2.39 bits per heavy atom. The summed E-state index contributed by atoms with van der Waals surface area (Å²) >= 11 is 0. The molecule has 0 aliphatic heterocycles. The quantitative estimate of drug-likeness (QED) is 0.592. The molecule has 1 aromatic rings. The zero-order chi connectivity index (χ0) is 13.1. The van der Waals surface area contributed by atoms with Gasteiger partial charge in [0.25, 0.3) is 0 Å². The number of rotatable bonds is 11. The van der Waals surface area contributed by atoms with Gasteiger partial charge in [0.2, 0.25) is 0 Å². The smallest absolute Gasteiger partial charge is 0.141 e. The van der Waals surface area contributed by atoms with Crippen LogP contribution in [-0.2, 0) is 0 Å². The third-order valence-electron chi connectivity index (χ3n) is 3.32. The summed E-state index contributed by atoms with van der Waals surface area (Å²) in [5, 5.41) is 10.2. The summed E-state index contributed by atoms with van der Waals surface area (Å²) < 4.78 is 0. The number of H-pyrrole nitrogens is 1. The monoisotopic (exact) mass is 252 g/mol. The lowest BCUT2D eigenvalue weighted by atomic mass is 10.1. The number of hydrogen-bond donors (Lipinski definition) is 2. The topological polar surface area (TPSA) is 53.6 Å². The molecule has 4 heteroatoms. The van der Waals surface area contributed by atoms with Gasteiger partial charge >= 0.3 is 0 Å². The van der Waals surface area contributed by atoms with Crippen molar-refractivity contribution in [2.75, 3.05) is 6.54 Å². The lowest BCUT2D eigenvalue weighted by Crippen LogP contribution is -2.20. The molecule has 0 radical (unpaired) electrons. The maximum Gasteiger partial charge on any atom is 0.141 e. The molecule has 0 saturated heterocycles. The molecule has 18 heavy (non-hydrogen) atoms. The first-order chi connectivity index (χ1) is 8.84. The minimum atomic E-state index is 0.275. The Balaban J connectivity index is 1.87. The van der Waals surface area contributed by atoms with Crippen LogP contribution in [0.2, 0.25) is 0 Å². The predicted octanol–water partition coefficient (Wildman–Crippen LogP) is 3.60. The van der Waals surface area contributed by atoms with Crippen LogP contribution in [-0.4, -0.2) is 21.7 Å². The fourth-order valence-corrected chi connectivity index (χ4v) is 2.10. The van der Waals surface area contributed by atoms with Gasteiger partial charge in [0.15, 0.2) is 0 Å². The summed E-state index contributed by atoms with van der Waals surface area (Å²) in [6.45, 7) is 5.45. The standard InChI is InChI=1S/C14H28N4/c1-3-4-5-6-7-8-9-10-11-15-13(2)14-16-12-17-18-14/h12-13,15H,3-11H2,1-2H3,(H,16,17,18). The van der Waals surface area contributed by atoms with Crippen molar-refractivity contribution >= 4 is 0 Å². The molecule has 1 unspecified atom stereocenters. The number of unbranched alkanes of at least 4 members (excludes halogenated alkanes) is 7. The molecule has 4 nitrogen and oxygen atoms in total. The van der Waals surface area contributed by atoms with Gasteiger partial charge in [-0.3, -0.25) is 5.10 Å². The number of hydrogen-bond acceptors (Lipinski definition) is 3. The second-order valence-corrected chi connectivity index (χ2v) is 5.02. The fraction of sp³-hybridized carbons (Fsp3) is 0.857. The highest BCUT2D eigenvalue weighted by molar-refractivity contribution is 4.88. The lowest BCUT2D eigenvalue weighted by Gasteiger charge is -2.10. The molecule has 2 N–H and O–H groups in total. The molecule has 0 aliphatic rings. The van der Waals surface area contributed by atoms with Crippen LogP contribution in [0.5, 0.6) is 0 Å². The van der Waals surface area contributed by atoms with Gasteiger partial charge in [-0.1, -0.05) is 51.9 Å². The minimum Gasteiger partial charge on any atom is -0.308 e. The number of nitrogens with zero attached hydrogens (tertiary/aromatic N) is 2. The second kappa shape index (κ2) is 10.1. The van der Waals surface area contributed by atoms with Crippen LogP contribution >= 0.6 is 0 Å². The van der Waals surface area contributed by atoms with Crippen molar-refractivity contribution in [1.29, 1.82) is 0 Å². The predicted molar refractivity (Wildman–Crippen MR) is 75.4 cm³/mol. The van der Waals surface area contributed by atoms with E-state index in [0.717, 1.165) is 12.4 Å². The first-order valence-electron chi connectivity index (χ1n) is 7.43. The zero-order valence-corrected chi connectivity index (χ0v) is 11.9. The summed E-state index contributed by atoms with van der Waals surface area (Å²) in [4.78, 5) is 4.14. The van der Waals surface area contributed by atoms with Crippen molar-refractivity contribution < 1.29 is 0 Å². The number of aromatic nitrogens is 3. The van der Waals surface area contributed by atoms with E-state index >= 15 is 0 Å². The molecule has 1 atom stereocenters. The lowest BCUT2D eigenvalue weighted by molar-refractivity contribution is 0.509. The van der Waals surface area contributed by atoms with E-state index in [-0.39, 0.29) is 6.04 Å². The fourth-order valence-electron chi connectivity index (χ4n) is 2.10. The summed E-state index contributed by atoms with van der Waals surface area (Å²) in [7, 11) is 0. The Labute approximate surface area is 111 Å². The summed E-state index contributed by atoms with van der Waals surface area (Å²) in [5.41, 5.74) is 0. The number of aromatic amines is 1. The van der Waals surface area contributed by atoms with Gasteiger partial charge in [-0.05, 0) is 19.9 Å². The molecule has 1 aromatic heterocycles. The van der Waals surface area contributed by atoms with E-state index < -0.39 is 0 Å². The van der Waals surface area contributed by atoms with Gasteiger partial charge in [-0.15, -0.1) is 0 Å². The molecule has 0 fully saturated rings. The molecule has 0 amide bonds. The van der Waals surface area contributed by atoms with E-state index in [4.69, 9.17) is 0 Å². The van der Waals surface area contributed by atoms with Crippen LogP contribution in [0.3, 0.4) is 0 Å². The van der Waals surface area contributed by atoms with Gasteiger partial charge in [0.1, 0.15) is 12.2 Å². The van der Waals surface area contributed by atoms with Crippen molar-refractivity contribution in [3.05, 3.63) is 12.2 Å². The van der Waals surface area contributed by atoms with E-state index in [1.165, 1.54) is 51.4 Å². The second-order valence-electron chi connectivity index (χ2n) is 5.02. The average molecular weight is 252 g/mol. The molecule has 1 rings (SSSR count). The van der Waals surface area contributed by atoms with E-state index in [1.54, 1.807) is 6.33 Å². The van der Waals surface area contributed by atoms with E-state index in [2.05, 4.69) is 34.3 Å². The van der Waals surface area contributed by atoms with Crippen LogP contribution in [0.15, 0.2) is 6.33 Å². The zero-order valence-electron chi connectivity index (χ0n) is 11.9. The van der Waals surface area contributed by atoms with Crippen LogP contribution in [0.1, 0.15) is 77.1 Å². The third-order valence-corrected chi connectivity index (χ3v) is 3.32. The Hall–Kier alpha value is -0.900. The summed E-state index contributed by atoms with van der Waals surface area (Å²) in [5.74, 6) is 0.926. The van der Waals surface area contributed by atoms with Crippen LogP contribution < -0.4 is 5.32 Å². The van der Waals surface area contributed by atoms with Crippen molar-refractivity contribution in [2.24, 2.45) is 0 Å². The highest BCUT2D eigenvalue weighted by atomic mass is 15.2. The highest BCUT2D eigenvalue weighted by Crippen LogP contribution is 2.09. The van der Waals surface area contributed by atoms with Gasteiger partial charge in [0, 0.05) is 0 Å². The molecule has 0 aromatic carbocycles. The molecule has 0 spiro atoms. The average Bonchev–Trinajstić information content (AvgIpc) is 2.90. The number of nitrogens with one attached hydrogen (secondary N) is 2. The van der Waals surface area contributed by atoms with Gasteiger partial charge in [-0.2, -0.15) is 5.10 Å². The molecule has 0 bridgehead atoms. The van der Waals surface area contributed by atoms with E-state index in [9.17, 15) is 0 Å². The van der Waals surface area contributed by atoms with Crippen molar-refractivity contribution in [2.45, 2.75) is 71.3 Å². The maximum atomic E-state index is 4.14. The maximum absolute atomic E-state index is 4.14. The molecular weight excluding hydrogens is 224 g/mol. The molecular formula is C14H28N4. The van der Waals surface area contributed by atoms with Gasteiger partial charge in [0.05, 0.1) is 6.04 Å². The molecule has 1 heterocycles. The normalized spacial score (nSPS) is 12.8. The SMILES string of the molecule is CCCCCCCCCCNC(C)c1ncn[nH]1. The van der Waals surface area contributed by atoms with Crippen LogP contribution in [0, 0.1) is 0 Å². The van der Waals surface area contributed by atoms with Crippen LogP contribution in [0.4, 0.5) is 0 Å². The Kier molecular flexibility index (Phi) is 8.47. The Morgan fingerprint density at radius 2 is 1.78 bits per heavy atom. The van der Waals surface area contributed by atoms with E-state index in [0.29, 0.717) is 0 Å². The van der Waals surface area contributed by atoms with Gasteiger partial charge < -0.3 is 5.32 Å². The first kappa shape index (κ1) is 15.2. The minimum absolute atomic E-state index is 0.275. The van der Waals surface area contributed by atoms with Crippen molar-refractivity contribution in [3.63, 3.8) is 0 Å². The molecule has 104 valence electrons. The van der Waals surface area contributed by atoms with Crippen LogP contribution in [0.25, 0.3) is 0 Å². The molecule has 0 aliphatic carbocycles. The summed E-state index contributed by atoms with van der Waals surface area (Å²) in [6, 6.07) is 0.275. The van der Waals surface area contributed by atoms with E-state index in [1.807, 2.05) is 0 Å². The van der Waals surface area contributed by atoms with Crippen molar-refractivity contribution in [3.8, 4) is 0 Å². The van der Waals surface area contributed by atoms with Gasteiger partial charge in [-0.25, -0.2) is 4.98 Å². The Morgan fingerprint density at radius 1 is 1.11 bits per heavy atom. The highest BCUT2D eigenvalue weighted by Gasteiger charge is 2.05. The first-order valence-corrected chi connectivity index (χ1v) is 7.43. The Bertz CT molecular complexity index is 271. The van der Waals surface area contributed by atoms with Crippen molar-refractivity contribution in [1.82, 2.24) is 20.5 Å². The third kappa shape index (κ3) is 6.74. The largest absolute Gasteiger partial charge is 0.308 e. The molecule has 0 saturated carbocycles. The summed E-state index contributed by atoms with van der Waals surface area (Å²) in [6.07, 6.45) is 12.5.